The van der Waals surface area contributed by atoms with Gasteiger partial charge in [-0.25, -0.2) is 0 Å². The second kappa shape index (κ2) is 7.82. The van der Waals surface area contributed by atoms with Gasteiger partial charge in [0, 0.05) is 43.8 Å². The SMILES string of the molecule is CN1CC[C@@H](COCc2ccccn2)CC12CN(Cc1ccncc1)C2. The molecule has 0 N–H and O–H groups in total. The van der Waals surface area contributed by atoms with Crippen molar-refractivity contribution >= 4 is 0 Å². The largest absolute Gasteiger partial charge is 0.375 e. The summed E-state index contributed by atoms with van der Waals surface area (Å²) in [6, 6.07) is 10.2. The minimum Gasteiger partial charge on any atom is -0.375 e. The predicted molar refractivity (Wildman–Crippen MR) is 101 cm³/mol. The molecule has 2 fully saturated rings. The van der Waals surface area contributed by atoms with E-state index >= 15 is 0 Å². The number of pyridine rings is 2. The third kappa shape index (κ3) is 3.95. The predicted octanol–water partition coefficient (Wildman–Crippen LogP) is 2.59. The lowest BCUT2D eigenvalue weighted by Crippen LogP contribution is -2.71. The Kier molecular flexibility index (Phi) is 5.29. The van der Waals surface area contributed by atoms with Gasteiger partial charge in [0.2, 0.25) is 0 Å². The maximum atomic E-state index is 5.98. The molecule has 2 aromatic heterocycles. The van der Waals surface area contributed by atoms with Gasteiger partial charge < -0.3 is 4.74 Å². The second-order valence-corrected chi connectivity index (χ2v) is 7.84. The Balaban J connectivity index is 1.26. The molecular weight excluding hydrogens is 324 g/mol. The lowest BCUT2D eigenvalue weighted by atomic mass is 9.75. The number of nitrogens with zero attached hydrogens (tertiary/aromatic N) is 4. The van der Waals surface area contributed by atoms with Gasteiger partial charge in [0.25, 0.3) is 0 Å². The summed E-state index contributed by atoms with van der Waals surface area (Å²) in [7, 11) is 2.29. The molecule has 4 heterocycles. The van der Waals surface area contributed by atoms with Gasteiger partial charge in [-0.05, 0) is 62.2 Å². The van der Waals surface area contributed by atoms with Crippen LogP contribution in [0, 0.1) is 5.92 Å². The number of rotatable bonds is 6. The quantitative estimate of drug-likeness (QED) is 0.799. The van der Waals surface area contributed by atoms with E-state index in [0.29, 0.717) is 18.1 Å². The third-order valence-electron chi connectivity index (χ3n) is 5.87. The highest BCUT2D eigenvalue weighted by atomic mass is 16.5. The van der Waals surface area contributed by atoms with E-state index in [4.69, 9.17) is 4.74 Å². The van der Waals surface area contributed by atoms with Crippen LogP contribution in [-0.2, 0) is 17.9 Å². The van der Waals surface area contributed by atoms with Crippen molar-refractivity contribution < 1.29 is 4.74 Å². The topological polar surface area (TPSA) is 41.5 Å². The maximum Gasteiger partial charge on any atom is 0.0887 e. The smallest absolute Gasteiger partial charge is 0.0887 e. The molecule has 5 nitrogen and oxygen atoms in total. The number of piperidine rings is 1. The van der Waals surface area contributed by atoms with Gasteiger partial charge in [-0.3, -0.25) is 19.8 Å². The fourth-order valence-electron chi connectivity index (χ4n) is 4.38. The van der Waals surface area contributed by atoms with Crippen molar-refractivity contribution in [2.24, 2.45) is 5.92 Å². The molecule has 1 spiro atoms. The molecule has 2 aromatic rings. The first-order valence-corrected chi connectivity index (χ1v) is 9.54. The standard InChI is InChI=1S/C21H28N4O/c1-24-11-7-19(14-26-15-20-4-2-3-8-23-20)12-21(24)16-25(17-21)13-18-5-9-22-10-6-18/h2-6,8-10,19H,7,11-17H2,1H3/t19-/m1/s1. The van der Waals surface area contributed by atoms with E-state index in [-0.39, 0.29) is 0 Å². The Bertz CT molecular complexity index is 688. The highest BCUT2D eigenvalue weighted by Crippen LogP contribution is 2.38. The van der Waals surface area contributed by atoms with Gasteiger partial charge in [-0.15, -0.1) is 0 Å². The fraction of sp³-hybridized carbons (Fsp3) is 0.524. The van der Waals surface area contributed by atoms with Crippen molar-refractivity contribution in [3.63, 3.8) is 0 Å². The first-order valence-electron chi connectivity index (χ1n) is 9.54. The molecule has 0 aliphatic carbocycles. The molecule has 5 heteroatoms. The molecule has 26 heavy (non-hydrogen) atoms. The van der Waals surface area contributed by atoms with E-state index in [0.717, 1.165) is 31.9 Å². The Morgan fingerprint density at radius 3 is 2.77 bits per heavy atom. The Hall–Kier alpha value is -1.82. The van der Waals surface area contributed by atoms with E-state index in [1.807, 2.05) is 36.8 Å². The summed E-state index contributed by atoms with van der Waals surface area (Å²) in [6.45, 7) is 5.97. The van der Waals surface area contributed by atoms with Crippen molar-refractivity contribution in [1.29, 1.82) is 0 Å². The fourth-order valence-corrected chi connectivity index (χ4v) is 4.38. The molecule has 2 aliphatic rings. The second-order valence-electron chi connectivity index (χ2n) is 7.84. The molecule has 0 unspecified atom stereocenters. The van der Waals surface area contributed by atoms with E-state index in [1.165, 1.54) is 24.9 Å². The summed E-state index contributed by atoms with van der Waals surface area (Å²) in [5, 5.41) is 0. The monoisotopic (exact) mass is 352 g/mol. The first kappa shape index (κ1) is 17.6. The van der Waals surface area contributed by atoms with Crippen LogP contribution in [0.1, 0.15) is 24.1 Å². The number of likely N-dealkylation sites (N-methyl/N-ethyl adjacent to an activating group) is 1. The molecule has 0 amide bonds. The molecule has 2 aliphatic heterocycles. The van der Waals surface area contributed by atoms with E-state index in [2.05, 4.69) is 38.9 Å². The van der Waals surface area contributed by atoms with E-state index in [1.54, 1.807) is 0 Å². The normalized spacial score (nSPS) is 23.0. The molecule has 2 saturated heterocycles. The lowest BCUT2D eigenvalue weighted by Gasteiger charge is -2.58. The van der Waals surface area contributed by atoms with Gasteiger partial charge in [0.15, 0.2) is 0 Å². The lowest BCUT2D eigenvalue weighted by molar-refractivity contribution is -0.0936. The molecule has 4 rings (SSSR count). The van der Waals surface area contributed by atoms with Gasteiger partial charge >= 0.3 is 0 Å². The average Bonchev–Trinajstić information content (AvgIpc) is 2.65. The number of hydrogen-bond acceptors (Lipinski definition) is 5. The number of aromatic nitrogens is 2. The number of ether oxygens (including phenoxy) is 1. The summed E-state index contributed by atoms with van der Waals surface area (Å²) in [5.41, 5.74) is 2.70. The van der Waals surface area contributed by atoms with Crippen LogP contribution in [0.15, 0.2) is 48.9 Å². The number of likely N-dealkylation sites (tertiary alicyclic amines) is 2. The summed E-state index contributed by atoms with van der Waals surface area (Å²) in [4.78, 5) is 13.6. The van der Waals surface area contributed by atoms with E-state index in [9.17, 15) is 0 Å². The molecule has 1 atom stereocenters. The van der Waals surface area contributed by atoms with Crippen LogP contribution in [0.4, 0.5) is 0 Å². The maximum absolute atomic E-state index is 5.98. The first-order chi connectivity index (χ1) is 12.7. The van der Waals surface area contributed by atoms with Crippen LogP contribution in [0.3, 0.4) is 0 Å². The van der Waals surface area contributed by atoms with Crippen molar-refractivity contribution in [3.8, 4) is 0 Å². The zero-order valence-electron chi connectivity index (χ0n) is 15.6. The van der Waals surface area contributed by atoms with Crippen LogP contribution in [0.25, 0.3) is 0 Å². The van der Waals surface area contributed by atoms with Gasteiger partial charge in [0.05, 0.1) is 18.9 Å². The van der Waals surface area contributed by atoms with Crippen LogP contribution in [0.5, 0.6) is 0 Å². The minimum absolute atomic E-state index is 0.338. The third-order valence-corrected chi connectivity index (χ3v) is 5.87. The Labute approximate surface area is 156 Å². The summed E-state index contributed by atoms with van der Waals surface area (Å²) in [6.07, 6.45) is 8.05. The highest BCUT2D eigenvalue weighted by molar-refractivity contribution is 5.13. The summed E-state index contributed by atoms with van der Waals surface area (Å²) in [5.74, 6) is 0.651. The Morgan fingerprint density at radius 2 is 2.00 bits per heavy atom. The van der Waals surface area contributed by atoms with Gasteiger partial charge in [-0.2, -0.15) is 0 Å². The molecule has 0 aromatic carbocycles. The van der Waals surface area contributed by atoms with Crippen LogP contribution in [-0.4, -0.2) is 58.6 Å². The summed E-state index contributed by atoms with van der Waals surface area (Å²) < 4.78 is 5.98. The van der Waals surface area contributed by atoms with Crippen LogP contribution in [0.2, 0.25) is 0 Å². The molecule has 0 bridgehead atoms. The summed E-state index contributed by atoms with van der Waals surface area (Å²) >= 11 is 0. The van der Waals surface area contributed by atoms with E-state index < -0.39 is 0 Å². The Morgan fingerprint density at radius 1 is 1.15 bits per heavy atom. The zero-order valence-corrected chi connectivity index (χ0v) is 15.6. The number of hydrogen-bond donors (Lipinski definition) is 0. The van der Waals surface area contributed by atoms with Crippen molar-refractivity contribution in [1.82, 2.24) is 19.8 Å². The van der Waals surface area contributed by atoms with Crippen molar-refractivity contribution in [3.05, 3.63) is 60.2 Å². The van der Waals surface area contributed by atoms with Crippen LogP contribution >= 0.6 is 0 Å². The van der Waals surface area contributed by atoms with Gasteiger partial charge in [-0.1, -0.05) is 6.07 Å². The van der Waals surface area contributed by atoms with Crippen molar-refractivity contribution in [2.45, 2.75) is 31.5 Å². The molecule has 0 saturated carbocycles. The van der Waals surface area contributed by atoms with Crippen molar-refractivity contribution in [2.75, 3.05) is 33.3 Å². The molecular formula is C21H28N4O. The van der Waals surface area contributed by atoms with Crippen LogP contribution < -0.4 is 0 Å². The van der Waals surface area contributed by atoms with Gasteiger partial charge in [0.1, 0.15) is 0 Å². The highest BCUT2D eigenvalue weighted by Gasteiger charge is 2.49. The minimum atomic E-state index is 0.338. The molecule has 138 valence electrons. The zero-order chi connectivity index (χ0) is 17.8. The molecule has 0 radical (unpaired) electrons. The average molecular weight is 352 g/mol.